The van der Waals surface area contributed by atoms with Crippen molar-refractivity contribution in [3.05, 3.63) is 40.4 Å². The van der Waals surface area contributed by atoms with Crippen molar-refractivity contribution < 1.29 is 4.74 Å². The van der Waals surface area contributed by atoms with Crippen LogP contribution in [0.15, 0.2) is 29.1 Å². The lowest BCUT2D eigenvalue weighted by atomic mass is 10.2. The van der Waals surface area contributed by atoms with E-state index < -0.39 is 0 Å². The Morgan fingerprint density at radius 3 is 2.75 bits per heavy atom. The van der Waals surface area contributed by atoms with Gasteiger partial charge in [-0.05, 0) is 26.0 Å². The van der Waals surface area contributed by atoms with Crippen LogP contribution in [0.3, 0.4) is 0 Å². The summed E-state index contributed by atoms with van der Waals surface area (Å²) in [4.78, 5) is 21.7. The van der Waals surface area contributed by atoms with Gasteiger partial charge in [-0.25, -0.2) is 4.98 Å². The molecule has 1 aliphatic heterocycles. The minimum atomic E-state index is -0.0695. The third-order valence-electron chi connectivity index (χ3n) is 3.53. The number of hydrogen-bond donors (Lipinski definition) is 1. The number of nitrogens with zero attached hydrogens (tertiary/aromatic N) is 2. The van der Waals surface area contributed by atoms with E-state index in [1.165, 1.54) is 0 Å². The van der Waals surface area contributed by atoms with Gasteiger partial charge in [-0.15, -0.1) is 0 Å². The maximum absolute atomic E-state index is 12.0. The normalized spacial score (nSPS) is 24.1. The van der Waals surface area contributed by atoms with E-state index in [1.807, 2.05) is 18.2 Å². The summed E-state index contributed by atoms with van der Waals surface area (Å²) in [7, 11) is 0. The van der Waals surface area contributed by atoms with Gasteiger partial charge in [0, 0.05) is 13.1 Å². The molecule has 3 rings (SSSR count). The first-order valence-corrected chi connectivity index (χ1v) is 6.97. The van der Waals surface area contributed by atoms with Crippen molar-refractivity contribution >= 4 is 10.9 Å². The van der Waals surface area contributed by atoms with E-state index in [9.17, 15) is 4.79 Å². The number of para-hydroxylation sites is 1. The molecule has 5 nitrogen and oxygen atoms in total. The molecule has 1 N–H and O–H groups in total. The lowest BCUT2D eigenvalue weighted by Gasteiger charge is -2.34. The van der Waals surface area contributed by atoms with Crippen molar-refractivity contribution in [2.24, 2.45) is 0 Å². The molecule has 2 aromatic rings. The molecule has 1 aromatic heterocycles. The Bertz CT molecular complexity index is 657. The van der Waals surface area contributed by atoms with Gasteiger partial charge in [-0.2, -0.15) is 0 Å². The second-order valence-corrected chi connectivity index (χ2v) is 5.48. The van der Waals surface area contributed by atoms with Gasteiger partial charge >= 0.3 is 0 Å². The molecule has 1 aliphatic rings. The lowest BCUT2D eigenvalue weighted by Crippen LogP contribution is -2.45. The van der Waals surface area contributed by atoms with Crippen LogP contribution < -0.4 is 5.56 Å². The fourth-order valence-corrected chi connectivity index (χ4v) is 2.84. The highest BCUT2D eigenvalue weighted by atomic mass is 16.5. The minimum absolute atomic E-state index is 0.0695. The number of ether oxygens (including phenoxy) is 1. The summed E-state index contributed by atoms with van der Waals surface area (Å²) < 4.78 is 5.71. The summed E-state index contributed by atoms with van der Waals surface area (Å²) in [5.74, 6) is 0.718. The van der Waals surface area contributed by atoms with Crippen LogP contribution in [0.5, 0.6) is 0 Å². The third kappa shape index (κ3) is 2.73. The van der Waals surface area contributed by atoms with Crippen molar-refractivity contribution in [2.45, 2.75) is 32.6 Å². The molecule has 0 aliphatic carbocycles. The van der Waals surface area contributed by atoms with Crippen LogP contribution in [0.25, 0.3) is 10.9 Å². The molecule has 5 heteroatoms. The molecule has 1 fully saturated rings. The van der Waals surface area contributed by atoms with Crippen LogP contribution >= 0.6 is 0 Å². The summed E-state index contributed by atoms with van der Waals surface area (Å²) in [6, 6.07) is 7.42. The Balaban J connectivity index is 1.86. The summed E-state index contributed by atoms with van der Waals surface area (Å²) in [5.41, 5.74) is 0.681. The zero-order valence-corrected chi connectivity index (χ0v) is 11.8. The van der Waals surface area contributed by atoms with Crippen LogP contribution in [0.2, 0.25) is 0 Å². The molecular weight excluding hydrogens is 254 g/mol. The number of rotatable bonds is 2. The zero-order chi connectivity index (χ0) is 14.1. The van der Waals surface area contributed by atoms with Crippen molar-refractivity contribution in [1.29, 1.82) is 0 Å². The summed E-state index contributed by atoms with van der Waals surface area (Å²) >= 11 is 0. The van der Waals surface area contributed by atoms with Gasteiger partial charge in [0.15, 0.2) is 0 Å². The predicted octanol–water partition coefficient (Wildman–Crippen LogP) is 1.53. The standard InChI is InChI=1S/C15H19N3O2/c1-10-7-18(8-11(2)20-10)9-14-16-13-6-4-3-5-12(13)15(19)17-14/h3-6,10-11H,7-9H2,1-2H3,(H,16,17,19)/t10-,11-/m0/s1. The molecular formula is C15H19N3O2. The van der Waals surface area contributed by atoms with E-state index in [4.69, 9.17) is 4.74 Å². The molecule has 0 radical (unpaired) electrons. The second kappa shape index (κ2) is 5.34. The minimum Gasteiger partial charge on any atom is -0.373 e. The number of hydrogen-bond acceptors (Lipinski definition) is 4. The Morgan fingerprint density at radius 2 is 2.00 bits per heavy atom. The molecule has 1 saturated heterocycles. The van der Waals surface area contributed by atoms with E-state index >= 15 is 0 Å². The summed E-state index contributed by atoms with van der Waals surface area (Å²) in [5, 5.41) is 0.639. The Morgan fingerprint density at radius 1 is 1.30 bits per heavy atom. The predicted molar refractivity (Wildman–Crippen MR) is 77.6 cm³/mol. The van der Waals surface area contributed by atoms with Crippen LogP contribution in [0.4, 0.5) is 0 Å². The molecule has 0 spiro atoms. The Labute approximate surface area is 117 Å². The van der Waals surface area contributed by atoms with Crippen molar-refractivity contribution in [3.8, 4) is 0 Å². The maximum atomic E-state index is 12.0. The monoisotopic (exact) mass is 273 g/mol. The first-order chi connectivity index (χ1) is 9.61. The number of benzene rings is 1. The number of nitrogens with one attached hydrogen (secondary N) is 1. The largest absolute Gasteiger partial charge is 0.373 e. The van der Waals surface area contributed by atoms with Crippen LogP contribution in [0, 0.1) is 0 Å². The van der Waals surface area contributed by atoms with Gasteiger partial charge in [-0.1, -0.05) is 12.1 Å². The maximum Gasteiger partial charge on any atom is 0.258 e. The second-order valence-electron chi connectivity index (χ2n) is 5.48. The van der Waals surface area contributed by atoms with Crippen LogP contribution in [0.1, 0.15) is 19.7 Å². The molecule has 0 saturated carbocycles. The zero-order valence-electron chi connectivity index (χ0n) is 11.8. The first kappa shape index (κ1) is 13.3. The highest BCUT2D eigenvalue weighted by molar-refractivity contribution is 5.77. The molecule has 106 valence electrons. The molecule has 2 atom stereocenters. The number of H-pyrrole nitrogens is 1. The van der Waals surface area contributed by atoms with Gasteiger partial charge in [0.2, 0.25) is 0 Å². The number of aromatic nitrogens is 2. The quantitative estimate of drug-likeness (QED) is 0.901. The molecule has 2 heterocycles. The SMILES string of the molecule is C[C@H]1CN(Cc2nc3ccccc3c(=O)[nH]2)C[C@H](C)O1. The fourth-order valence-electron chi connectivity index (χ4n) is 2.84. The van der Waals surface area contributed by atoms with Gasteiger partial charge in [0.05, 0.1) is 29.7 Å². The lowest BCUT2D eigenvalue weighted by molar-refractivity contribution is -0.0710. The number of morpholine rings is 1. The Kier molecular flexibility index (Phi) is 3.54. The van der Waals surface area contributed by atoms with Crippen molar-refractivity contribution in [3.63, 3.8) is 0 Å². The third-order valence-corrected chi connectivity index (χ3v) is 3.53. The first-order valence-electron chi connectivity index (χ1n) is 6.97. The van der Waals surface area contributed by atoms with Crippen LogP contribution in [-0.4, -0.2) is 40.2 Å². The molecule has 0 bridgehead atoms. The molecule has 0 unspecified atom stereocenters. The smallest absolute Gasteiger partial charge is 0.258 e. The van der Waals surface area contributed by atoms with E-state index in [0.717, 1.165) is 24.4 Å². The van der Waals surface area contributed by atoms with Gasteiger partial charge in [-0.3, -0.25) is 9.69 Å². The molecule has 20 heavy (non-hydrogen) atoms. The molecule has 0 amide bonds. The molecule has 1 aromatic carbocycles. The van der Waals surface area contributed by atoms with E-state index in [0.29, 0.717) is 11.9 Å². The highest BCUT2D eigenvalue weighted by Crippen LogP contribution is 2.13. The van der Waals surface area contributed by atoms with Crippen LogP contribution in [-0.2, 0) is 11.3 Å². The van der Waals surface area contributed by atoms with E-state index in [2.05, 4.69) is 28.7 Å². The topological polar surface area (TPSA) is 58.2 Å². The Hall–Kier alpha value is -1.72. The average molecular weight is 273 g/mol. The van der Waals surface area contributed by atoms with Gasteiger partial charge in [0.1, 0.15) is 5.82 Å². The van der Waals surface area contributed by atoms with E-state index in [-0.39, 0.29) is 17.8 Å². The van der Waals surface area contributed by atoms with Crippen molar-refractivity contribution in [1.82, 2.24) is 14.9 Å². The fraction of sp³-hybridized carbons (Fsp3) is 0.467. The van der Waals surface area contributed by atoms with Crippen molar-refractivity contribution in [2.75, 3.05) is 13.1 Å². The summed E-state index contributed by atoms with van der Waals surface area (Å²) in [6.45, 7) is 6.51. The number of fused-ring (bicyclic) bond motifs is 1. The van der Waals surface area contributed by atoms with E-state index in [1.54, 1.807) is 6.07 Å². The average Bonchev–Trinajstić information content (AvgIpc) is 2.37. The summed E-state index contributed by atoms with van der Waals surface area (Å²) in [6.07, 6.45) is 0.428. The van der Waals surface area contributed by atoms with Gasteiger partial charge in [0.25, 0.3) is 5.56 Å². The number of aromatic amines is 1. The highest BCUT2D eigenvalue weighted by Gasteiger charge is 2.22. The van der Waals surface area contributed by atoms with Gasteiger partial charge < -0.3 is 9.72 Å².